The quantitative estimate of drug-likeness (QED) is 0.885. The van der Waals surface area contributed by atoms with Crippen molar-refractivity contribution in [2.24, 2.45) is 18.7 Å². The van der Waals surface area contributed by atoms with Gasteiger partial charge in [0.2, 0.25) is 0 Å². The van der Waals surface area contributed by atoms with Crippen LogP contribution in [0.15, 0.2) is 12.4 Å². The topological polar surface area (TPSA) is 47.1 Å². The lowest BCUT2D eigenvalue weighted by molar-refractivity contribution is 0.129. The molecular formula is C14H26N4. The van der Waals surface area contributed by atoms with E-state index in [1.807, 2.05) is 17.9 Å². The monoisotopic (exact) mass is 250 g/mol. The molecule has 2 rings (SSSR count). The standard InChI is InChI=1S/C14H26N4/c1-4-11-5-6-13(15)14(7-11)17(2)9-12-8-16-18(3)10-12/h8,10-11,13-14H,4-7,9,15H2,1-3H3. The van der Waals surface area contributed by atoms with Crippen molar-refractivity contribution in [2.75, 3.05) is 7.05 Å². The third kappa shape index (κ3) is 3.12. The summed E-state index contributed by atoms with van der Waals surface area (Å²) < 4.78 is 1.86. The minimum Gasteiger partial charge on any atom is -0.326 e. The number of nitrogens with two attached hydrogens (primary N) is 1. The molecule has 1 aromatic heterocycles. The van der Waals surface area contributed by atoms with Gasteiger partial charge >= 0.3 is 0 Å². The van der Waals surface area contributed by atoms with Gasteiger partial charge < -0.3 is 5.73 Å². The summed E-state index contributed by atoms with van der Waals surface area (Å²) in [6, 6.07) is 0.846. The summed E-state index contributed by atoms with van der Waals surface area (Å²) in [5.74, 6) is 0.853. The molecule has 4 heteroatoms. The fraction of sp³-hybridized carbons (Fsp3) is 0.786. The Morgan fingerprint density at radius 1 is 1.50 bits per heavy atom. The molecule has 2 N–H and O–H groups in total. The van der Waals surface area contributed by atoms with E-state index in [4.69, 9.17) is 5.73 Å². The molecule has 102 valence electrons. The van der Waals surface area contributed by atoms with Crippen molar-refractivity contribution < 1.29 is 0 Å². The predicted octanol–water partition coefficient (Wildman–Crippen LogP) is 1.76. The zero-order chi connectivity index (χ0) is 13.1. The highest BCUT2D eigenvalue weighted by Crippen LogP contribution is 2.29. The first kappa shape index (κ1) is 13.6. The van der Waals surface area contributed by atoms with Gasteiger partial charge in [-0.05, 0) is 32.2 Å². The third-order valence-electron chi connectivity index (χ3n) is 4.31. The third-order valence-corrected chi connectivity index (χ3v) is 4.31. The Hall–Kier alpha value is -0.870. The second kappa shape index (κ2) is 5.85. The Morgan fingerprint density at radius 3 is 2.89 bits per heavy atom. The zero-order valence-electron chi connectivity index (χ0n) is 11.8. The van der Waals surface area contributed by atoms with Crippen LogP contribution in [0.3, 0.4) is 0 Å². The van der Waals surface area contributed by atoms with Gasteiger partial charge in [0, 0.05) is 37.4 Å². The first-order valence-corrected chi connectivity index (χ1v) is 7.03. The van der Waals surface area contributed by atoms with Gasteiger partial charge in [0.25, 0.3) is 0 Å². The Kier molecular flexibility index (Phi) is 4.40. The fourth-order valence-electron chi connectivity index (χ4n) is 3.09. The van der Waals surface area contributed by atoms with Crippen molar-refractivity contribution in [1.82, 2.24) is 14.7 Å². The van der Waals surface area contributed by atoms with Crippen molar-refractivity contribution in [3.63, 3.8) is 0 Å². The number of aryl methyl sites for hydroxylation is 1. The van der Waals surface area contributed by atoms with Gasteiger partial charge in [-0.25, -0.2) is 0 Å². The average Bonchev–Trinajstić information content (AvgIpc) is 2.75. The highest BCUT2D eigenvalue weighted by atomic mass is 15.2. The van der Waals surface area contributed by atoms with E-state index in [0.29, 0.717) is 12.1 Å². The molecule has 1 saturated carbocycles. The molecule has 0 amide bonds. The molecule has 0 aliphatic heterocycles. The van der Waals surface area contributed by atoms with Crippen molar-refractivity contribution in [3.8, 4) is 0 Å². The maximum absolute atomic E-state index is 6.29. The lowest BCUT2D eigenvalue weighted by atomic mass is 9.81. The van der Waals surface area contributed by atoms with Gasteiger partial charge in [0.05, 0.1) is 6.20 Å². The maximum Gasteiger partial charge on any atom is 0.0534 e. The van der Waals surface area contributed by atoms with E-state index < -0.39 is 0 Å². The smallest absolute Gasteiger partial charge is 0.0534 e. The van der Waals surface area contributed by atoms with Crippen LogP contribution in [-0.2, 0) is 13.6 Å². The molecule has 1 aromatic rings. The fourth-order valence-corrected chi connectivity index (χ4v) is 3.09. The first-order valence-electron chi connectivity index (χ1n) is 7.03. The summed E-state index contributed by atoms with van der Waals surface area (Å²) in [5, 5.41) is 4.22. The molecule has 4 nitrogen and oxygen atoms in total. The molecule has 3 atom stereocenters. The normalized spacial score (nSPS) is 28.8. The van der Waals surface area contributed by atoms with Crippen LogP contribution in [0.25, 0.3) is 0 Å². The number of aromatic nitrogens is 2. The Bertz CT molecular complexity index is 374. The molecule has 1 fully saturated rings. The molecule has 1 aliphatic rings. The minimum atomic E-state index is 0.328. The lowest BCUT2D eigenvalue weighted by Gasteiger charge is -2.39. The minimum absolute atomic E-state index is 0.328. The molecule has 0 saturated heterocycles. The van der Waals surface area contributed by atoms with Gasteiger partial charge in [0.1, 0.15) is 0 Å². The molecule has 0 aromatic carbocycles. The van der Waals surface area contributed by atoms with Crippen molar-refractivity contribution in [1.29, 1.82) is 0 Å². The largest absolute Gasteiger partial charge is 0.326 e. The maximum atomic E-state index is 6.29. The number of hydrogen-bond donors (Lipinski definition) is 1. The highest BCUT2D eigenvalue weighted by molar-refractivity contribution is 5.04. The summed E-state index contributed by atoms with van der Waals surface area (Å²) in [6.45, 7) is 3.24. The molecule has 0 bridgehead atoms. The van der Waals surface area contributed by atoms with Crippen LogP contribution < -0.4 is 5.73 Å². The van der Waals surface area contributed by atoms with Crippen LogP contribution in [0.5, 0.6) is 0 Å². The summed E-state index contributed by atoms with van der Waals surface area (Å²) in [6.07, 6.45) is 9.03. The van der Waals surface area contributed by atoms with Crippen molar-refractivity contribution in [2.45, 2.75) is 51.2 Å². The van der Waals surface area contributed by atoms with Gasteiger partial charge in [-0.15, -0.1) is 0 Å². The van der Waals surface area contributed by atoms with Crippen LogP contribution >= 0.6 is 0 Å². The number of nitrogens with zero attached hydrogens (tertiary/aromatic N) is 3. The molecule has 1 aliphatic carbocycles. The van der Waals surface area contributed by atoms with E-state index in [2.05, 4.69) is 30.2 Å². The van der Waals surface area contributed by atoms with Gasteiger partial charge in [-0.3, -0.25) is 9.58 Å². The van der Waals surface area contributed by atoms with E-state index in [9.17, 15) is 0 Å². The number of likely N-dealkylation sites (N-methyl/N-ethyl adjacent to an activating group) is 1. The summed E-state index contributed by atoms with van der Waals surface area (Å²) >= 11 is 0. The average molecular weight is 250 g/mol. The zero-order valence-corrected chi connectivity index (χ0v) is 11.8. The van der Waals surface area contributed by atoms with Gasteiger partial charge in [0.15, 0.2) is 0 Å². The van der Waals surface area contributed by atoms with Crippen LogP contribution in [0.4, 0.5) is 0 Å². The van der Waals surface area contributed by atoms with Crippen molar-refractivity contribution >= 4 is 0 Å². The Morgan fingerprint density at radius 2 is 2.28 bits per heavy atom. The van der Waals surface area contributed by atoms with Crippen LogP contribution in [-0.4, -0.2) is 33.8 Å². The van der Waals surface area contributed by atoms with E-state index in [-0.39, 0.29) is 0 Å². The second-order valence-electron chi connectivity index (χ2n) is 5.76. The van der Waals surface area contributed by atoms with Crippen LogP contribution in [0.2, 0.25) is 0 Å². The van der Waals surface area contributed by atoms with Crippen molar-refractivity contribution in [3.05, 3.63) is 18.0 Å². The number of hydrogen-bond acceptors (Lipinski definition) is 3. The molecule has 3 unspecified atom stereocenters. The molecular weight excluding hydrogens is 224 g/mol. The Labute approximate surface area is 110 Å². The van der Waals surface area contributed by atoms with E-state index in [1.54, 1.807) is 0 Å². The van der Waals surface area contributed by atoms with Gasteiger partial charge in [-0.1, -0.05) is 13.3 Å². The van der Waals surface area contributed by atoms with E-state index >= 15 is 0 Å². The van der Waals surface area contributed by atoms with Crippen LogP contribution in [0, 0.1) is 5.92 Å². The van der Waals surface area contributed by atoms with E-state index in [0.717, 1.165) is 12.5 Å². The summed E-state index contributed by atoms with van der Waals surface area (Å²) in [7, 11) is 4.15. The second-order valence-corrected chi connectivity index (χ2v) is 5.76. The molecule has 0 radical (unpaired) electrons. The van der Waals surface area contributed by atoms with Gasteiger partial charge in [-0.2, -0.15) is 5.10 Å². The number of rotatable bonds is 4. The Balaban J connectivity index is 1.96. The lowest BCUT2D eigenvalue weighted by Crippen LogP contribution is -2.49. The SMILES string of the molecule is CCC1CCC(N)C(N(C)Cc2cnn(C)c2)C1. The van der Waals surface area contributed by atoms with Crippen LogP contribution in [0.1, 0.15) is 38.2 Å². The molecule has 0 spiro atoms. The summed E-state index contributed by atoms with van der Waals surface area (Å²) in [4.78, 5) is 2.41. The van der Waals surface area contributed by atoms with E-state index in [1.165, 1.54) is 31.2 Å². The summed E-state index contributed by atoms with van der Waals surface area (Å²) in [5.41, 5.74) is 7.56. The molecule has 1 heterocycles. The first-order chi connectivity index (χ1) is 8.60. The predicted molar refractivity (Wildman–Crippen MR) is 74.1 cm³/mol. The highest BCUT2D eigenvalue weighted by Gasteiger charge is 2.30. The molecule has 18 heavy (non-hydrogen) atoms.